The van der Waals surface area contributed by atoms with Crippen molar-refractivity contribution in [3.05, 3.63) is 34.7 Å². The topological polar surface area (TPSA) is 75.4 Å². The van der Waals surface area contributed by atoms with Crippen molar-refractivity contribution in [2.45, 2.75) is 31.7 Å². The Kier molecular flexibility index (Phi) is 3.86. The molecule has 1 unspecified atom stereocenters. The van der Waals surface area contributed by atoms with E-state index in [-0.39, 0.29) is 10.4 Å². The van der Waals surface area contributed by atoms with Gasteiger partial charge in [0.1, 0.15) is 0 Å². The van der Waals surface area contributed by atoms with Gasteiger partial charge in [-0.3, -0.25) is 0 Å². The number of nitrogens with one attached hydrogen (secondary N) is 1. The molecule has 2 rings (SSSR count). The SMILES string of the molecule is CCCC1(N2NC=CS2)C=CC(S(N)(=O)=O)=CC1. The Morgan fingerprint density at radius 3 is 2.83 bits per heavy atom. The van der Waals surface area contributed by atoms with Gasteiger partial charge in [0.25, 0.3) is 0 Å². The average Bonchev–Trinajstić information content (AvgIpc) is 2.82. The van der Waals surface area contributed by atoms with Gasteiger partial charge < -0.3 is 5.43 Å². The largest absolute Gasteiger partial charge is 0.315 e. The first-order valence-corrected chi connectivity index (χ1v) is 8.17. The van der Waals surface area contributed by atoms with Gasteiger partial charge in [-0.25, -0.2) is 13.6 Å². The standard InChI is InChI=1S/C11H17N3O2S2/c1-2-5-11(14-13-8-9-17-14)6-3-10(4-7-11)18(12,15)16/h3-4,6,8-9,13H,2,5,7H2,1H3,(H2,12,15,16). The zero-order valence-corrected chi connectivity index (χ0v) is 11.8. The van der Waals surface area contributed by atoms with Gasteiger partial charge in [-0.05, 0) is 30.9 Å². The molecule has 0 saturated carbocycles. The quantitative estimate of drug-likeness (QED) is 0.768. The molecule has 18 heavy (non-hydrogen) atoms. The van der Waals surface area contributed by atoms with E-state index < -0.39 is 10.0 Å². The van der Waals surface area contributed by atoms with Crippen LogP contribution in [0.15, 0.2) is 34.7 Å². The van der Waals surface area contributed by atoms with Crippen LogP contribution in [0.3, 0.4) is 0 Å². The van der Waals surface area contributed by atoms with Crippen molar-refractivity contribution < 1.29 is 8.42 Å². The van der Waals surface area contributed by atoms with E-state index in [9.17, 15) is 8.42 Å². The summed E-state index contributed by atoms with van der Waals surface area (Å²) in [5.74, 6) is 0. The summed E-state index contributed by atoms with van der Waals surface area (Å²) in [7, 11) is -3.60. The van der Waals surface area contributed by atoms with Crippen LogP contribution in [0.1, 0.15) is 26.2 Å². The normalized spacial score (nSPS) is 28.2. The second-order valence-corrected chi connectivity index (χ2v) is 6.78. The van der Waals surface area contributed by atoms with E-state index in [1.807, 2.05) is 22.1 Å². The fraction of sp³-hybridized carbons (Fsp3) is 0.455. The van der Waals surface area contributed by atoms with Crippen LogP contribution in [-0.2, 0) is 10.0 Å². The highest BCUT2D eigenvalue weighted by Crippen LogP contribution is 2.37. The highest BCUT2D eigenvalue weighted by molar-refractivity contribution is 8.00. The molecule has 5 nitrogen and oxygen atoms in total. The average molecular weight is 287 g/mol. The number of sulfonamides is 1. The lowest BCUT2D eigenvalue weighted by molar-refractivity contribution is 0.211. The summed E-state index contributed by atoms with van der Waals surface area (Å²) in [6.45, 7) is 2.11. The second kappa shape index (κ2) is 5.08. The van der Waals surface area contributed by atoms with E-state index in [0.29, 0.717) is 6.42 Å². The summed E-state index contributed by atoms with van der Waals surface area (Å²) in [6.07, 6.45) is 9.70. The molecule has 2 aliphatic rings. The third kappa shape index (κ3) is 2.64. The summed E-state index contributed by atoms with van der Waals surface area (Å²) in [5, 5.41) is 7.09. The van der Waals surface area contributed by atoms with Crippen LogP contribution in [0, 0.1) is 0 Å². The van der Waals surface area contributed by atoms with E-state index >= 15 is 0 Å². The maximum atomic E-state index is 11.3. The molecule has 0 radical (unpaired) electrons. The summed E-state index contributed by atoms with van der Waals surface area (Å²) in [6, 6.07) is 0. The van der Waals surface area contributed by atoms with Crippen molar-refractivity contribution in [3.63, 3.8) is 0 Å². The van der Waals surface area contributed by atoms with Gasteiger partial charge >= 0.3 is 0 Å². The predicted molar refractivity (Wildman–Crippen MR) is 74.3 cm³/mol. The molecule has 0 aromatic rings. The lowest BCUT2D eigenvalue weighted by Crippen LogP contribution is -2.47. The molecule has 100 valence electrons. The molecule has 0 aromatic heterocycles. The number of allylic oxidation sites excluding steroid dienone is 1. The van der Waals surface area contributed by atoms with Crippen molar-refractivity contribution in [1.29, 1.82) is 0 Å². The van der Waals surface area contributed by atoms with Gasteiger partial charge in [0, 0.05) is 11.6 Å². The van der Waals surface area contributed by atoms with Crippen LogP contribution < -0.4 is 10.6 Å². The number of nitrogens with two attached hydrogens (primary N) is 1. The molecule has 0 fully saturated rings. The number of hydrogen-bond donors (Lipinski definition) is 2. The van der Waals surface area contributed by atoms with Gasteiger partial charge in [0.05, 0.1) is 10.4 Å². The van der Waals surface area contributed by atoms with E-state index in [1.165, 1.54) is 0 Å². The van der Waals surface area contributed by atoms with E-state index in [0.717, 1.165) is 12.8 Å². The van der Waals surface area contributed by atoms with Gasteiger partial charge in [-0.2, -0.15) is 4.41 Å². The highest BCUT2D eigenvalue weighted by atomic mass is 32.2. The first kappa shape index (κ1) is 13.7. The maximum Gasteiger partial charge on any atom is 0.237 e. The van der Waals surface area contributed by atoms with Gasteiger partial charge in [0.15, 0.2) is 0 Å². The minimum atomic E-state index is -3.60. The molecule has 0 saturated heterocycles. The third-order valence-corrected chi connectivity index (χ3v) is 4.95. The molecule has 1 atom stereocenters. The minimum absolute atomic E-state index is 0.197. The van der Waals surface area contributed by atoms with Gasteiger partial charge in [-0.15, -0.1) is 0 Å². The van der Waals surface area contributed by atoms with Crippen LogP contribution in [0.25, 0.3) is 0 Å². The molecular weight excluding hydrogens is 270 g/mol. The Hall–Kier alpha value is -0.760. The monoisotopic (exact) mass is 287 g/mol. The summed E-state index contributed by atoms with van der Waals surface area (Å²) < 4.78 is 24.6. The molecule has 7 heteroatoms. The maximum absolute atomic E-state index is 11.3. The van der Waals surface area contributed by atoms with Crippen molar-refractivity contribution in [2.75, 3.05) is 0 Å². The van der Waals surface area contributed by atoms with Crippen molar-refractivity contribution in [3.8, 4) is 0 Å². The third-order valence-electron chi connectivity index (χ3n) is 3.06. The lowest BCUT2D eigenvalue weighted by atomic mass is 9.87. The second-order valence-electron chi connectivity index (χ2n) is 4.37. The molecule has 0 bridgehead atoms. The zero-order chi connectivity index (χ0) is 13.2. The lowest BCUT2D eigenvalue weighted by Gasteiger charge is -2.39. The Labute approximate surface area is 112 Å². The minimum Gasteiger partial charge on any atom is -0.315 e. The fourth-order valence-electron chi connectivity index (χ4n) is 2.19. The summed E-state index contributed by atoms with van der Waals surface area (Å²) in [5.41, 5.74) is 2.96. The molecule has 0 spiro atoms. The Morgan fingerprint density at radius 1 is 1.61 bits per heavy atom. The number of nitrogens with zero attached hydrogens (tertiary/aromatic N) is 1. The molecule has 1 aliphatic carbocycles. The number of hydrogen-bond acceptors (Lipinski definition) is 5. The Morgan fingerprint density at radius 2 is 2.39 bits per heavy atom. The number of hydrazine groups is 1. The van der Waals surface area contributed by atoms with Crippen molar-refractivity contribution >= 4 is 22.0 Å². The predicted octanol–water partition coefficient (Wildman–Crippen LogP) is 1.60. The highest BCUT2D eigenvalue weighted by Gasteiger charge is 2.36. The summed E-state index contributed by atoms with van der Waals surface area (Å²) in [4.78, 5) is 0.200. The molecular formula is C11H17N3O2S2. The number of primary sulfonamides is 1. The van der Waals surface area contributed by atoms with Crippen LogP contribution >= 0.6 is 11.9 Å². The van der Waals surface area contributed by atoms with Crippen molar-refractivity contribution in [1.82, 2.24) is 9.84 Å². The fourth-order valence-corrected chi connectivity index (χ4v) is 3.56. The zero-order valence-electron chi connectivity index (χ0n) is 10.2. The summed E-state index contributed by atoms with van der Waals surface area (Å²) >= 11 is 1.58. The first-order chi connectivity index (χ1) is 8.48. The van der Waals surface area contributed by atoms with E-state index in [4.69, 9.17) is 5.14 Å². The van der Waals surface area contributed by atoms with Crippen LogP contribution in [0.2, 0.25) is 0 Å². The van der Waals surface area contributed by atoms with Crippen LogP contribution in [0.4, 0.5) is 0 Å². The Bertz CT molecular complexity index is 502. The molecule has 1 heterocycles. The smallest absolute Gasteiger partial charge is 0.237 e. The van der Waals surface area contributed by atoms with E-state index in [2.05, 4.69) is 12.3 Å². The van der Waals surface area contributed by atoms with Crippen LogP contribution in [-0.4, -0.2) is 18.4 Å². The van der Waals surface area contributed by atoms with Crippen LogP contribution in [0.5, 0.6) is 0 Å². The molecule has 0 aromatic carbocycles. The van der Waals surface area contributed by atoms with Crippen molar-refractivity contribution in [2.24, 2.45) is 5.14 Å². The van der Waals surface area contributed by atoms with Gasteiger partial charge in [0.2, 0.25) is 10.0 Å². The first-order valence-electron chi connectivity index (χ1n) is 5.78. The molecule has 0 amide bonds. The Balaban J connectivity index is 2.22. The van der Waals surface area contributed by atoms with Gasteiger partial charge in [-0.1, -0.05) is 25.5 Å². The van der Waals surface area contributed by atoms with E-state index in [1.54, 1.807) is 24.1 Å². The number of rotatable bonds is 4. The molecule has 3 N–H and O–H groups in total. The molecule has 1 aliphatic heterocycles.